The lowest BCUT2D eigenvalue weighted by molar-refractivity contribution is -0.128. The van der Waals surface area contributed by atoms with Crippen LogP contribution in [0.1, 0.15) is 43.7 Å². The molecule has 5 nitrogen and oxygen atoms in total. The van der Waals surface area contributed by atoms with Crippen molar-refractivity contribution in [3.8, 4) is 0 Å². The first-order valence-corrected chi connectivity index (χ1v) is 13.5. The summed E-state index contributed by atoms with van der Waals surface area (Å²) in [6.45, 7) is 0. The molecular formula is C28H25ClN2O3S2. The van der Waals surface area contributed by atoms with Crippen molar-refractivity contribution in [2.24, 2.45) is 0 Å². The fourth-order valence-electron chi connectivity index (χ4n) is 3.70. The Bertz CT molecular complexity index is 1430. The van der Waals surface area contributed by atoms with Gasteiger partial charge in [-0.1, -0.05) is 60.1 Å². The van der Waals surface area contributed by atoms with Gasteiger partial charge in [0.25, 0.3) is 0 Å². The Morgan fingerprint density at radius 1 is 1.06 bits per heavy atom. The molecule has 4 rings (SSSR count). The van der Waals surface area contributed by atoms with E-state index in [0.717, 1.165) is 31.9 Å². The molecule has 0 saturated carbocycles. The molecule has 1 aromatic heterocycles. The highest BCUT2D eigenvalue weighted by Crippen LogP contribution is 2.37. The largest absolute Gasteiger partial charge is 0.478 e. The van der Waals surface area contributed by atoms with Crippen LogP contribution in [0.2, 0.25) is 5.02 Å². The van der Waals surface area contributed by atoms with Crippen LogP contribution in [0, 0.1) is 0 Å². The van der Waals surface area contributed by atoms with Crippen LogP contribution in [0.15, 0.2) is 66.7 Å². The number of carboxylic acids is 1. The summed E-state index contributed by atoms with van der Waals surface area (Å²) in [4.78, 5) is 29.9. The van der Waals surface area contributed by atoms with Crippen molar-refractivity contribution in [1.82, 2.24) is 9.88 Å². The number of halogens is 1. The Balaban J connectivity index is 1.61. The van der Waals surface area contributed by atoms with E-state index < -0.39 is 5.97 Å². The summed E-state index contributed by atoms with van der Waals surface area (Å²) < 4.78 is 0.967. The number of carboxylic acid groups (broad SMARTS) is 1. The molecule has 1 unspecified atom stereocenters. The summed E-state index contributed by atoms with van der Waals surface area (Å²) in [5, 5.41) is 10.9. The van der Waals surface area contributed by atoms with Crippen LogP contribution in [0.5, 0.6) is 0 Å². The fraction of sp³-hybridized carbons (Fsp3) is 0.179. The minimum absolute atomic E-state index is 0.0631. The van der Waals surface area contributed by atoms with Crippen molar-refractivity contribution in [3.63, 3.8) is 0 Å². The van der Waals surface area contributed by atoms with Gasteiger partial charge in [0, 0.05) is 26.3 Å². The SMILES string of the molecule is CN(C)C(=O)CCSC(c1cccc(/C=C/c2nc3cccc(Cl)c3s2)c1)c1cccc(C(=O)O)c1. The van der Waals surface area contributed by atoms with E-state index in [1.165, 1.54) is 0 Å². The number of aromatic nitrogens is 1. The van der Waals surface area contributed by atoms with Crippen molar-refractivity contribution in [1.29, 1.82) is 0 Å². The molecular weight excluding hydrogens is 512 g/mol. The van der Waals surface area contributed by atoms with E-state index >= 15 is 0 Å². The summed E-state index contributed by atoms with van der Waals surface area (Å²) in [6, 6.07) is 20.8. The highest BCUT2D eigenvalue weighted by Gasteiger charge is 2.18. The molecule has 8 heteroatoms. The van der Waals surface area contributed by atoms with E-state index in [1.807, 2.05) is 54.6 Å². The molecule has 3 aromatic carbocycles. The molecule has 0 aliphatic carbocycles. The molecule has 0 radical (unpaired) electrons. The topological polar surface area (TPSA) is 70.5 Å². The van der Waals surface area contributed by atoms with E-state index in [0.29, 0.717) is 17.2 Å². The summed E-state index contributed by atoms with van der Waals surface area (Å²) in [6.07, 6.45) is 4.40. The van der Waals surface area contributed by atoms with E-state index in [9.17, 15) is 14.7 Å². The summed E-state index contributed by atoms with van der Waals surface area (Å²) in [5.41, 5.74) is 4.05. The number of thiazole rings is 1. The number of carbonyl (C=O) groups is 2. The van der Waals surface area contributed by atoms with Crippen molar-refractivity contribution < 1.29 is 14.7 Å². The number of hydrogen-bond acceptors (Lipinski definition) is 5. The molecule has 0 aliphatic rings. The molecule has 0 spiro atoms. The smallest absolute Gasteiger partial charge is 0.335 e. The lowest BCUT2D eigenvalue weighted by Crippen LogP contribution is -2.22. The van der Waals surface area contributed by atoms with Crippen molar-refractivity contribution in [3.05, 3.63) is 99.0 Å². The maximum atomic E-state index is 12.1. The normalized spacial score (nSPS) is 12.2. The number of fused-ring (bicyclic) bond motifs is 1. The van der Waals surface area contributed by atoms with Crippen LogP contribution in [0.4, 0.5) is 0 Å². The highest BCUT2D eigenvalue weighted by atomic mass is 35.5. The van der Waals surface area contributed by atoms with Crippen LogP contribution in [-0.2, 0) is 4.79 Å². The molecule has 0 fully saturated rings. The highest BCUT2D eigenvalue weighted by molar-refractivity contribution is 7.99. The van der Waals surface area contributed by atoms with Gasteiger partial charge in [0.15, 0.2) is 0 Å². The third-order valence-electron chi connectivity index (χ3n) is 5.55. The van der Waals surface area contributed by atoms with Gasteiger partial charge in [-0.2, -0.15) is 0 Å². The van der Waals surface area contributed by atoms with Gasteiger partial charge in [-0.15, -0.1) is 23.1 Å². The third-order valence-corrected chi connectivity index (χ3v) is 8.37. The second-order valence-corrected chi connectivity index (χ2v) is 11.0. The Hall–Kier alpha value is -3.13. The molecule has 4 aromatic rings. The van der Waals surface area contributed by atoms with Gasteiger partial charge in [-0.05, 0) is 47.0 Å². The molecule has 1 heterocycles. The van der Waals surface area contributed by atoms with Crippen molar-refractivity contribution in [2.75, 3.05) is 19.8 Å². The lowest BCUT2D eigenvalue weighted by Gasteiger charge is -2.19. The monoisotopic (exact) mass is 536 g/mol. The van der Waals surface area contributed by atoms with Gasteiger partial charge >= 0.3 is 5.97 Å². The standard InChI is InChI=1S/C28H25ClN2O3S2/c1-31(2)25(32)14-15-35-26(20-8-4-9-21(17-20)28(33)34)19-7-3-6-18(16-19)12-13-24-30-23-11-5-10-22(29)27(23)36-24/h3-13,16-17,26H,14-15H2,1-2H3,(H,33,34)/b13-12+. The first-order valence-electron chi connectivity index (χ1n) is 11.3. The Morgan fingerprint density at radius 2 is 1.78 bits per heavy atom. The summed E-state index contributed by atoms with van der Waals surface area (Å²) in [5.74, 6) is -0.282. The Morgan fingerprint density at radius 3 is 2.50 bits per heavy atom. The second kappa shape index (κ2) is 11.7. The quantitative estimate of drug-likeness (QED) is 0.246. The third kappa shape index (κ3) is 6.35. The zero-order valence-corrected chi connectivity index (χ0v) is 22.2. The fourth-order valence-corrected chi connectivity index (χ4v) is 6.07. The van der Waals surface area contributed by atoms with Crippen LogP contribution in [0.3, 0.4) is 0 Å². The number of rotatable bonds is 9. The van der Waals surface area contributed by atoms with Crippen molar-refractivity contribution >= 4 is 68.9 Å². The van der Waals surface area contributed by atoms with E-state index in [-0.39, 0.29) is 16.7 Å². The molecule has 0 saturated heterocycles. The van der Waals surface area contributed by atoms with Crippen molar-refractivity contribution in [2.45, 2.75) is 11.7 Å². The number of aromatic carboxylic acids is 1. The minimum Gasteiger partial charge on any atom is -0.478 e. The zero-order chi connectivity index (χ0) is 25.7. The van der Waals surface area contributed by atoms with Crippen LogP contribution in [0.25, 0.3) is 22.4 Å². The molecule has 1 amide bonds. The molecule has 1 N–H and O–H groups in total. The van der Waals surface area contributed by atoms with Gasteiger partial charge < -0.3 is 10.0 Å². The Labute approximate surface area is 223 Å². The number of hydrogen-bond donors (Lipinski definition) is 1. The van der Waals surface area contributed by atoms with E-state index in [4.69, 9.17) is 11.6 Å². The first-order chi connectivity index (χ1) is 17.3. The van der Waals surface area contributed by atoms with E-state index in [2.05, 4.69) is 11.1 Å². The van der Waals surface area contributed by atoms with Gasteiger partial charge in [0.2, 0.25) is 5.91 Å². The van der Waals surface area contributed by atoms with Crippen LogP contribution >= 0.6 is 34.7 Å². The zero-order valence-electron chi connectivity index (χ0n) is 19.8. The molecule has 184 valence electrons. The van der Waals surface area contributed by atoms with Gasteiger partial charge in [-0.25, -0.2) is 9.78 Å². The second-order valence-electron chi connectivity index (χ2n) is 8.36. The lowest BCUT2D eigenvalue weighted by atomic mass is 10.0. The maximum absolute atomic E-state index is 12.1. The van der Waals surface area contributed by atoms with Crippen LogP contribution in [-0.4, -0.2) is 46.7 Å². The van der Waals surface area contributed by atoms with E-state index in [1.54, 1.807) is 60.3 Å². The predicted molar refractivity (Wildman–Crippen MR) is 151 cm³/mol. The van der Waals surface area contributed by atoms with Crippen LogP contribution < -0.4 is 0 Å². The molecule has 36 heavy (non-hydrogen) atoms. The average molecular weight is 537 g/mol. The van der Waals surface area contributed by atoms with Gasteiger partial charge in [0.05, 0.1) is 26.1 Å². The number of carbonyl (C=O) groups excluding carboxylic acids is 1. The molecule has 1 atom stereocenters. The summed E-state index contributed by atoms with van der Waals surface area (Å²) >= 11 is 9.47. The minimum atomic E-state index is -0.962. The molecule has 0 bridgehead atoms. The Kier molecular flexibility index (Phi) is 8.46. The number of benzene rings is 3. The maximum Gasteiger partial charge on any atom is 0.335 e. The van der Waals surface area contributed by atoms with Gasteiger partial charge in [-0.3, -0.25) is 4.79 Å². The summed E-state index contributed by atoms with van der Waals surface area (Å²) in [7, 11) is 3.49. The first kappa shape index (κ1) is 25.9. The number of thioether (sulfide) groups is 1. The van der Waals surface area contributed by atoms with Gasteiger partial charge in [0.1, 0.15) is 5.01 Å². The predicted octanol–water partition coefficient (Wildman–Crippen LogP) is 7.12. The molecule has 0 aliphatic heterocycles. The average Bonchev–Trinajstić information content (AvgIpc) is 3.30. The number of amides is 1. The number of nitrogens with zero attached hydrogens (tertiary/aromatic N) is 2.